The molecule has 9 heteroatoms. The van der Waals surface area contributed by atoms with Crippen molar-refractivity contribution in [2.24, 2.45) is 0 Å². The molecule has 1 fully saturated rings. The van der Waals surface area contributed by atoms with Gasteiger partial charge < -0.3 is 10.1 Å². The van der Waals surface area contributed by atoms with Crippen molar-refractivity contribution in [1.82, 2.24) is 9.29 Å². The van der Waals surface area contributed by atoms with Crippen molar-refractivity contribution in [1.29, 1.82) is 0 Å². The fourth-order valence-electron chi connectivity index (χ4n) is 3.22. The van der Waals surface area contributed by atoms with Gasteiger partial charge in [-0.2, -0.15) is 4.31 Å². The Morgan fingerprint density at radius 3 is 2.82 bits per heavy atom. The number of halogens is 1. The molecule has 1 saturated heterocycles. The Labute approximate surface area is 169 Å². The van der Waals surface area contributed by atoms with Crippen LogP contribution in [0.2, 0.25) is 5.02 Å². The predicted molar refractivity (Wildman–Crippen MR) is 107 cm³/mol. The summed E-state index contributed by atoms with van der Waals surface area (Å²) in [5, 5.41) is 3.05. The van der Waals surface area contributed by atoms with Crippen LogP contribution >= 0.6 is 11.6 Å². The Morgan fingerprint density at radius 2 is 2.14 bits per heavy atom. The number of aryl methyl sites for hydroxylation is 1. The van der Waals surface area contributed by atoms with Gasteiger partial charge in [0.15, 0.2) is 0 Å². The molecule has 2 aromatic rings. The van der Waals surface area contributed by atoms with E-state index in [1.54, 1.807) is 31.3 Å². The van der Waals surface area contributed by atoms with E-state index in [0.29, 0.717) is 35.0 Å². The molecule has 150 valence electrons. The molecule has 1 aliphatic rings. The van der Waals surface area contributed by atoms with Crippen molar-refractivity contribution in [2.45, 2.75) is 37.7 Å². The van der Waals surface area contributed by atoms with Crippen molar-refractivity contribution in [3.05, 3.63) is 47.2 Å². The van der Waals surface area contributed by atoms with Crippen molar-refractivity contribution < 1.29 is 17.9 Å². The number of ether oxygens (including phenoxy) is 1. The molecule has 0 bridgehead atoms. The zero-order valence-electron chi connectivity index (χ0n) is 15.7. The number of aromatic nitrogens is 1. The molecule has 1 unspecified atom stereocenters. The molecule has 2 heterocycles. The average Bonchev–Trinajstić information content (AvgIpc) is 2.63. The van der Waals surface area contributed by atoms with Crippen LogP contribution in [-0.4, -0.2) is 42.8 Å². The van der Waals surface area contributed by atoms with Crippen LogP contribution in [0.4, 0.5) is 5.69 Å². The molecule has 1 aliphatic heterocycles. The lowest BCUT2D eigenvalue weighted by atomic mass is 10.1. The van der Waals surface area contributed by atoms with Gasteiger partial charge in [0.1, 0.15) is 16.9 Å². The maximum atomic E-state index is 13.2. The van der Waals surface area contributed by atoms with E-state index in [1.165, 1.54) is 23.5 Å². The quantitative estimate of drug-likeness (QED) is 0.797. The van der Waals surface area contributed by atoms with E-state index < -0.39 is 10.0 Å². The van der Waals surface area contributed by atoms with Crippen LogP contribution in [0.15, 0.2) is 41.6 Å². The number of carbonyl (C=O) groups excluding carboxylic acids is 1. The summed E-state index contributed by atoms with van der Waals surface area (Å²) < 4.78 is 33.7. The first-order chi connectivity index (χ1) is 13.3. The summed E-state index contributed by atoms with van der Waals surface area (Å²) in [5.41, 5.74) is 1.14. The minimum Gasteiger partial charge on any atom is -0.487 e. The van der Waals surface area contributed by atoms with E-state index in [-0.39, 0.29) is 23.5 Å². The Morgan fingerprint density at radius 1 is 1.36 bits per heavy atom. The Kier molecular flexibility index (Phi) is 6.22. The summed E-state index contributed by atoms with van der Waals surface area (Å²) in [4.78, 5) is 15.3. The van der Waals surface area contributed by atoms with Crippen LogP contribution in [-0.2, 0) is 14.8 Å². The minimum absolute atomic E-state index is 0.208. The van der Waals surface area contributed by atoms with E-state index in [9.17, 15) is 13.2 Å². The second-order valence-corrected chi connectivity index (χ2v) is 9.03. The Bertz CT molecular complexity index is 981. The van der Waals surface area contributed by atoms with E-state index in [1.807, 2.05) is 0 Å². The summed E-state index contributed by atoms with van der Waals surface area (Å²) >= 11 is 6.09. The second kappa shape index (κ2) is 8.46. The molecular formula is C19H22ClN3O4S. The second-order valence-electron chi connectivity index (χ2n) is 6.71. The SMILES string of the molecule is CC(=O)Nc1ccc(S(=O)(=O)N2CCCC(Oc3ccncc3Cl)C2)c(C)c1. The molecule has 3 rings (SSSR count). The third-order valence-electron chi connectivity index (χ3n) is 4.48. The lowest BCUT2D eigenvalue weighted by Crippen LogP contribution is -2.44. The first-order valence-corrected chi connectivity index (χ1v) is 10.7. The van der Waals surface area contributed by atoms with Crippen molar-refractivity contribution in [3.8, 4) is 5.75 Å². The lowest BCUT2D eigenvalue weighted by Gasteiger charge is -2.32. The molecule has 28 heavy (non-hydrogen) atoms. The highest BCUT2D eigenvalue weighted by Crippen LogP contribution is 2.29. The highest BCUT2D eigenvalue weighted by atomic mass is 35.5. The maximum absolute atomic E-state index is 13.2. The number of piperidine rings is 1. The number of anilines is 1. The fourth-order valence-corrected chi connectivity index (χ4v) is 5.10. The standard InChI is InChI=1S/C19H22ClN3O4S/c1-13-10-15(22-14(2)24)5-6-19(13)28(25,26)23-9-3-4-16(12-23)27-18-7-8-21-11-17(18)20/h5-8,10-11,16H,3-4,9,12H2,1-2H3,(H,22,24). The number of amides is 1. The number of nitrogens with zero attached hydrogens (tertiary/aromatic N) is 2. The minimum atomic E-state index is -3.68. The molecule has 1 aromatic carbocycles. The van der Waals surface area contributed by atoms with Crippen LogP contribution < -0.4 is 10.1 Å². The number of nitrogens with one attached hydrogen (secondary N) is 1. The van der Waals surface area contributed by atoms with Crippen LogP contribution in [0.3, 0.4) is 0 Å². The first kappa shape index (κ1) is 20.6. The maximum Gasteiger partial charge on any atom is 0.243 e. The lowest BCUT2D eigenvalue weighted by molar-refractivity contribution is -0.114. The molecule has 0 aliphatic carbocycles. The van der Waals surface area contributed by atoms with E-state index in [0.717, 1.165) is 6.42 Å². The van der Waals surface area contributed by atoms with Crippen LogP contribution in [0.1, 0.15) is 25.3 Å². The van der Waals surface area contributed by atoms with Gasteiger partial charge in [0.05, 0.1) is 11.4 Å². The highest BCUT2D eigenvalue weighted by molar-refractivity contribution is 7.89. The fraction of sp³-hybridized carbons (Fsp3) is 0.368. The molecular weight excluding hydrogens is 402 g/mol. The largest absolute Gasteiger partial charge is 0.487 e. The number of pyridine rings is 1. The third kappa shape index (κ3) is 4.63. The summed E-state index contributed by atoms with van der Waals surface area (Å²) in [6, 6.07) is 6.44. The normalized spacial score (nSPS) is 17.9. The monoisotopic (exact) mass is 423 g/mol. The molecule has 1 N–H and O–H groups in total. The van der Waals surface area contributed by atoms with Gasteiger partial charge in [0.2, 0.25) is 15.9 Å². The van der Waals surface area contributed by atoms with Gasteiger partial charge in [-0.05, 0) is 43.5 Å². The van der Waals surface area contributed by atoms with Gasteiger partial charge in [-0.3, -0.25) is 9.78 Å². The number of benzene rings is 1. The van der Waals surface area contributed by atoms with Crippen molar-refractivity contribution >= 4 is 33.2 Å². The van der Waals surface area contributed by atoms with Crippen molar-refractivity contribution in [3.63, 3.8) is 0 Å². The zero-order valence-corrected chi connectivity index (χ0v) is 17.3. The van der Waals surface area contributed by atoms with E-state index >= 15 is 0 Å². The van der Waals surface area contributed by atoms with Gasteiger partial charge in [0, 0.05) is 37.6 Å². The van der Waals surface area contributed by atoms with E-state index in [4.69, 9.17) is 16.3 Å². The summed E-state index contributed by atoms with van der Waals surface area (Å²) in [6.45, 7) is 3.79. The highest BCUT2D eigenvalue weighted by Gasteiger charge is 2.32. The Balaban J connectivity index is 1.78. The predicted octanol–water partition coefficient (Wildman–Crippen LogP) is 3.23. The first-order valence-electron chi connectivity index (χ1n) is 8.92. The molecule has 0 saturated carbocycles. The summed E-state index contributed by atoms with van der Waals surface area (Å²) in [5.74, 6) is 0.289. The van der Waals surface area contributed by atoms with Crippen molar-refractivity contribution in [2.75, 3.05) is 18.4 Å². The van der Waals surface area contributed by atoms with Gasteiger partial charge in [-0.1, -0.05) is 11.6 Å². The molecule has 7 nitrogen and oxygen atoms in total. The number of carbonyl (C=O) groups is 1. The smallest absolute Gasteiger partial charge is 0.243 e. The average molecular weight is 424 g/mol. The number of hydrogen-bond acceptors (Lipinski definition) is 5. The zero-order chi connectivity index (χ0) is 20.3. The molecule has 1 aromatic heterocycles. The van der Waals surface area contributed by atoms with E-state index in [2.05, 4.69) is 10.3 Å². The molecule has 1 atom stereocenters. The van der Waals surface area contributed by atoms with Crippen LogP contribution in [0.5, 0.6) is 5.75 Å². The number of hydrogen-bond donors (Lipinski definition) is 1. The topological polar surface area (TPSA) is 88.6 Å². The number of rotatable bonds is 5. The van der Waals surface area contributed by atoms with Gasteiger partial charge in [-0.25, -0.2) is 8.42 Å². The molecule has 0 radical (unpaired) electrons. The Hall–Kier alpha value is -2.16. The molecule has 1 amide bonds. The number of sulfonamides is 1. The third-order valence-corrected chi connectivity index (χ3v) is 6.79. The van der Waals surface area contributed by atoms with Crippen LogP contribution in [0, 0.1) is 6.92 Å². The van der Waals surface area contributed by atoms with Gasteiger partial charge in [-0.15, -0.1) is 0 Å². The van der Waals surface area contributed by atoms with Gasteiger partial charge >= 0.3 is 0 Å². The summed E-state index contributed by atoms with van der Waals surface area (Å²) in [7, 11) is -3.68. The van der Waals surface area contributed by atoms with Gasteiger partial charge in [0.25, 0.3) is 0 Å². The molecule has 0 spiro atoms. The van der Waals surface area contributed by atoms with Crippen LogP contribution in [0.25, 0.3) is 0 Å². The summed E-state index contributed by atoms with van der Waals surface area (Å²) in [6.07, 6.45) is 4.22.